The van der Waals surface area contributed by atoms with Gasteiger partial charge in [-0.25, -0.2) is 8.78 Å². The van der Waals surface area contributed by atoms with Crippen LogP contribution in [-0.2, 0) is 9.53 Å². The first kappa shape index (κ1) is 19.8. The number of benzene rings is 2. The summed E-state index contributed by atoms with van der Waals surface area (Å²) < 4.78 is 31.7. The molecule has 148 valence electrons. The first-order valence-corrected chi connectivity index (χ1v) is 8.87. The third-order valence-corrected chi connectivity index (χ3v) is 4.64. The number of hydrogen-bond donors (Lipinski definition) is 1. The number of ether oxygens (including phenoxy) is 1. The van der Waals surface area contributed by atoms with Crippen molar-refractivity contribution in [3.63, 3.8) is 0 Å². The maximum absolute atomic E-state index is 13.7. The number of amides is 1. The normalized spacial score (nSPS) is 14.6. The van der Waals surface area contributed by atoms with Gasteiger partial charge < -0.3 is 15.0 Å². The Bertz CT molecular complexity index is 850. The van der Waals surface area contributed by atoms with Crippen molar-refractivity contribution >= 4 is 23.3 Å². The SMILES string of the molecule is COC(=O)CN1CCN(c2ccc(NC(=O)c3cccc(F)c3F)cc2)CC1. The van der Waals surface area contributed by atoms with E-state index in [1.54, 1.807) is 12.1 Å². The van der Waals surface area contributed by atoms with E-state index in [1.807, 2.05) is 17.0 Å². The van der Waals surface area contributed by atoms with Crippen molar-refractivity contribution in [2.24, 2.45) is 0 Å². The molecule has 1 fully saturated rings. The van der Waals surface area contributed by atoms with E-state index in [4.69, 9.17) is 0 Å². The second-order valence-corrected chi connectivity index (χ2v) is 6.44. The molecule has 0 unspecified atom stereocenters. The minimum atomic E-state index is -1.17. The first-order chi connectivity index (χ1) is 13.5. The highest BCUT2D eigenvalue weighted by molar-refractivity contribution is 6.04. The van der Waals surface area contributed by atoms with Gasteiger partial charge in [0.05, 0.1) is 19.2 Å². The van der Waals surface area contributed by atoms with Crippen molar-refractivity contribution in [2.45, 2.75) is 0 Å². The number of piperazine rings is 1. The summed E-state index contributed by atoms with van der Waals surface area (Å²) in [5.41, 5.74) is 1.13. The number of hydrogen-bond acceptors (Lipinski definition) is 5. The molecule has 3 rings (SSSR count). The van der Waals surface area contributed by atoms with Crippen LogP contribution < -0.4 is 10.2 Å². The lowest BCUT2D eigenvalue weighted by molar-refractivity contribution is -0.142. The zero-order valence-corrected chi connectivity index (χ0v) is 15.5. The van der Waals surface area contributed by atoms with Gasteiger partial charge in [0.1, 0.15) is 0 Å². The van der Waals surface area contributed by atoms with Crippen molar-refractivity contribution in [1.82, 2.24) is 4.90 Å². The van der Waals surface area contributed by atoms with Crippen LogP contribution in [0.4, 0.5) is 20.2 Å². The van der Waals surface area contributed by atoms with Gasteiger partial charge in [0, 0.05) is 37.6 Å². The number of nitrogens with zero attached hydrogens (tertiary/aromatic N) is 2. The molecule has 1 aliphatic rings. The largest absolute Gasteiger partial charge is 0.468 e. The highest BCUT2D eigenvalue weighted by Gasteiger charge is 2.20. The van der Waals surface area contributed by atoms with E-state index >= 15 is 0 Å². The van der Waals surface area contributed by atoms with Gasteiger partial charge in [-0.05, 0) is 36.4 Å². The molecule has 0 aliphatic carbocycles. The highest BCUT2D eigenvalue weighted by Crippen LogP contribution is 2.21. The fourth-order valence-electron chi connectivity index (χ4n) is 3.04. The standard InChI is InChI=1S/C20H21F2N3O3/c1-28-18(26)13-24-9-11-25(12-10-24)15-7-5-14(6-8-15)23-20(27)16-3-2-4-17(21)19(16)22/h2-8H,9-13H2,1H3,(H,23,27). The first-order valence-electron chi connectivity index (χ1n) is 8.87. The minimum Gasteiger partial charge on any atom is -0.468 e. The molecule has 1 N–H and O–H groups in total. The number of nitrogens with one attached hydrogen (secondary N) is 1. The van der Waals surface area contributed by atoms with Crippen LogP contribution >= 0.6 is 0 Å². The van der Waals surface area contributed by atoms with E-state index in [-0.39, 0.29) is 18.1 Å². The molecule has 2 aromatic carbocycles. The summed E-state index contributed by atoms with van der Waals surface area (Å²) in [7, 11) is 1.38. The molecule has 0 spiro atoms. The third-order valence-electron chi connectivity index (χ3n) is 4.64. The molecular weight excluding hydrogens is 368 g/mol. The molecule has 0 radical (unpaired) electrons. The number of halogens is 2. The van der Waals surface area contributed by atoms with E-state index in [0.29, 0.717) is 5.69 Å². The van der Waals surface area contributed by atoms with E-state index in [1.165, 1.54) is 19.2 Å². The number of methoxy groups -OCH3 is 1. The second-order valence-electron chi connectivity index (χ2n) is 6.44. The molecule has 0 aromatic heterocycles. The number of esters is 1. The molecule has 6 nitrogen and oxygen atoms in total. The Hall–Kier alpha value is -3.00. The minimum absolute atomic E-state index is 0.247. The molecule has 0 bridgehead atoms. The lowest BCUT2D eigenvalue weighted by atomic mass is 10.1. The zero-order chi connectivity index (χ0) is 20.1. The number of carbonyl (C=O) groups excluding carboxylic acids is 2. The van der Waals surface area contributed by atoms with Crippen LogP contribution in [-0.4, -0.2) is 56.6 Å². The number of carbonyl (C=O) groups is 2. The van der Waals surface area contributed by atoms with E-state index in [2.05, 4.69) is 15.0 Å². The van der Waals surface area contributed by atoms with Crippen molar-refractivity contribution in [3.05, 3.63) is 59.7 Å². The molecular formula is C20H21F2N3O3. The molecule has 28 heavy (non-hydrogen) atoms. The summed E-state index contributed by atoms with van der Waals surface area (Å²) in [5, 5.41) is 2.57. The maximum atomic E-state index is 13.7. The van der Waals surface area contributed by atoms with Crippen LogP contribution in [0.3, 0.4) is 0 Å². The van der Waals surface area contributed by atoms with Crippen molar-refractivity contribution < 1.29 is 23.1 Å². The summed E-state index contributed by atoms with van der Waals surface area (Å²) in [6.45, 7) is 3.29. The van der Waals surface area contributed by atoms with Gasteiger partial charge in [0.25, 0.3) is 5.91 Å². The predicted molar refractivity (Wildman–Crippen MR) is 101 cm³/mol. The van der Waals surface area contributed by atoms with Gasteiger partial charge in [-0.15, -0.1) is 0 Å². The predicted octanol–water partition coefficient (Wildman–Crippen LogP) is 2.51. The van der Waals surface area contributed by atoms with Gasteiger partial charge in [0.2, 0.25) is 0 Å². The average molecular weight is 389 g/mol. The van der Waals surface area contributed by atoms with Crippen LogP contribution in [0.5, 0.6) is 0 Å². The van der Waals surface area contributed by atoms with E-state index in [0.717, 1.165) is 37.9 Å². The van der Waals surface area contributed by atoms with Gasteiger partial charge >= 0.3 is 5.97 Å². The Labute approximate surface area is 161 Å². The molecule has 0 saturated carbocycles. The van der Waals surface area contributed by atoms with Crippen LogP contribution in [0.2, 0.25) is 0 Å². The van der Waals surface area contributed by atoms with Crippen LogP contribution in [0, 0.1) is 11.6 Å². The molecule has 1 aliphatic heterocycles. The van der Waals surface area contributed by atoms with Crippen LogP contribution in [0.1, 0.15) is 10.4 Å². The topological polar surface area (TPSA) is 61.9 Å². The highest BCUT2D eigenvalue weighted by atomic mass is 19.2. The lowest BCUT2D eigenvalue weighted by Gasteiger charge is -2.35. The van der Waals surface area contributed by atoms with Crippen LogP contribution in [0.15, 0.2) is 42.5 Å². The molecule has 2 aromatic rings. The fraction of sp³-hybridized carbons (Fsp3) is 0.300. The monoisotopic (exact) mass is 389 g/mol. The number of rotatable bonds is 5. The Kier molecular flexibility index (Phi) is 6.20. The maximum Gasteiger partial charge on any atom is 0.319 e. The second kappa shape index (κ2) is 8.79. The van der Waals surface area contributed by atoms with Crippen molar-refractivity contribution in [1.29, 1.82) is 0 Å². The van der Waals surface area contributed by atoms with Gasteiger partial charge in [-0.2, -0.15) is 0 Å². The van der Waals surface area contributed by atoms with Gasteiger partial charge in [-0.1, -0.05) is 6.07 Å². The molecule has 0 atom stereocenters. The number of anilines is 2. The third kappa shape index (κ3) is 4.64. The smallest absolute Gasteiger partial charge is 0.319 e. The van der Waals surface area contributed by atoms with Crippen LogP contribution in [0.25, 0.3) is 0 Å². The molecule has 1 amide bonds. The molecule has 8 heteroatoms. The zero-order valence-electron chi connectivity index (χ0n) is 15.5. The quantitative estimate of drug-likeness (QED) is 0.797. The summed E-state index contributed by atoms with van der Waals surface area (Å²) in [6, 6.07) is 10.6. The summed E-state index contributed by atoms with van der Waals surface area (Å²) in [4.78, 5) is 27.7. The van der Waals surface area contributed by atoms with Crippen molar-refractivity contribution in [2.75, 3.05) is 50.1 Å². The Morgan fingerprint density at radius 2 is 1.71 bits per heavy atom. The Balaban J connectivity index is 1.58. The Morgan fingerprint density at radius 1 is 1.04 bits per heavy atom. The van der Waals surface area contributed by atoms with E-state index in [9.17, 15) is 18.4 Å². The molecule has 1 saturated heterocycles. The summed E-state index contributed by atoms with van der Waals surface area (Å²) in [5.74, 6) is -3.18. The van der Waals surface area contributed by atoms with Gasteiger partial charge in [0.15, 0.2) is 11.6 Å². The summed E-state index contributed by atoms with van der Waals surface area (Å²) >= 11 is 0. The van der Waals surface area contributed by atoms with Gasteiger partial charge in [-0.3, -0.25) is 14.5 Å². The molecule has 1 heterocycles. The lowest BCUT2D eigenvalue weighted by Crippen LogP contribution is -2.48. The van der Waals surface area contributed by atoms with E-state index < -0.39 is 17.5 Å². The Morgan fingerprint density at radius 3 is 2.36 bits per heavy atom. The van der Waals surface area contributed by atoms with Crippen molar-refractivity contribution in [3.8, 4) is 0 Å². The average Bonchev–Trinajstić information content (AvgIpc) is 2.71. The summed E-state index contributed by atoms with van der Waals surface area (Å²) in [6.07, 6.45) is 0. The fourth-order valence-corrected chi connectivity index (χ4v) is 3.04.